The molecule has 0 spiro atoms. The van der Waals surface area contributed by atoms with E-state index in [1.54, 1.807) is 24.3 Å². The first-order chi connectivity index (χ1) is 16.2. The minimum atomic E-state index is -1.19. The van der Waals surface area contributed by atoms with Crippen molar-refractivity contribution in [3.8, 4) is 11.5 Å². The number of aliphatic carboxylic acids is 2. The molecular formula is C23H30N2O9. The summed E-state index contributed by atoms with van der Waals surface area (Å²) in [6, 6.07) is 8.55. The van der Waals surface area contributed by atoms with E-state index in [1.165, 1.54) is 21.9 Å². The summed E-state index contributed by atoms with van der Waals surface area (Å²) >= 11 is 0. The average molecular weight is 478 g/mol. The van der Waals surface area contributed by atoms with Crippen LogP contribution in [0.2, 0.25) is 0 Å². The lowest BCUT2D eigenvalue weighted by Crippen LogP contribution is -2.48. The Morgan fingerprint density at radius 1 is 0.735 bits per heavy atom. The summed E-state index contributed by atoms with van der Waals surface area (Å²) in [5.41, 5.74) is 1.24. The van der Waals surface area contributed by atoms with Gasteiger partial charge in [-0.3, -0.25) is 19.4 Å². The highest BCUT2D eigenvalue weighted by molar-refractivity contribution is 5.69. The monoisotopic (exact) mass is 478 g/mol. The van der Waals surface area contributed by atoms with Crippen molar-refractivity contribution in [2.45, 2.75) is 32.3 Å². The van der Waals surface area contributed by atoms with Crippen molar-refractivity contribution >= 4 is 11.9 Å². The van der Waals surface area contributed by atoms with Gasteiger partial charge in [-0.25, -0.2) is 0 Å². The largest absolute Gasteiger partial charge is 0.507 e. The second kappa shape index (κ2) is 12.9. The number of aromatic hydroxyl groups is 2. The zero-order valence-corrected chi connectivity index (χ0v) is 18.5. The smallest absolute Gasteiger partial charge is 0.317 e. The Morgan fingerprint density at radius 2 is 1.21 bits per heavy atom. The van der Waals surface area contributed by atoms with E-state index in [0.29, 0.717) is 11.1 Å². The Bertz CT molecular complexity index is 983. The molecule has 2 aromatic carbocycles. The minimum Gasteiger partial charge on any atom is -0.507 e. The van der Waals surface area contributed by atoms with Crippen LogP contribution in [0.15, 0.2) is 36.4 Å². The fraction of sp³-hybridized carbons (Fsp3) is 0.391. The number of benzene rings is 2. The van der Waals surface area contributed by atoms with Crippen LogP contribution in [0.1, 0.15) is 22.3 Å². The van der Waals surface area contributed by atoms with Gasteiger partial charge in [0.2, 0.25) is 0 Å². The Morgan fingerprint density at radius 3 is 1.65 bits per heavy atom. The topological polar surface area (TPSA) is 182 Å². The highest BCUT2D eigenvalue weighted by atomic mass is 16.4. The lowest BCUT2D eigenvalue weighted by molar-refractivity contribution is -0.141. The minimum absolute atomic E-state index is 0.0331. The van der Waals surface area contributed by atoms with Gasteiger partial charge in [-0.05, 0) is 0 Å². The average Bonchev–Trinajstić information content (AvgIpc) is 2.78. The first-order valence-electron chi connectivity index (χ1n) is 10.5. The number of aliphatic hydroxyl groups is 3. The van der Waals surface area contributed by atoms with Crippen LogP contribution in [0.25, 0.3) is 0 Å². The van der Waals surface area contributed by atoms with E-state index in [1.807, 2.05) is 0 Å². The maximum Gasteiger partial charge on any atom is 0.317 e. The fourth-order valence-corrected chi connectivity index (χ4v) is 3.71. The van der Waals surface area contributed by atoms with Crippen LogP contribution in [0.5, 0.6) is 11.5 Å². The third kappa shape index (κ3) is 7.40. The van der Waals surface area contributed by atoms with Crippen LogP contribution in [0, 0.1) is 0 Å². The van der Waals surface area contributed by atoms with Gasteiger partial charge in [0.1, 0.15) is 11.5 Å². The van der Waals surface area contributed by atoms with Gasteiger partial charge >= 0.3 is 11.9 Å². The molecule has 0 aliphatic carbocycles. The number of phenols is 2. The van der Waals surface area contributed by atoms with Gasteiger partial charge < -0.3 is 35.7 Å². The van der Waals surface area contributed by atoms with Gasteiger partial charge in [-0.1, -0.05) is 36.4 Å². The number of hydrogen-bond acceptors (Lipinski definition) is 9. The molecule has 0 radical (unpaired) electrons. The number of hydrogen-bond donors (Lipinski definition) is 7. The summed E-state index contributed by atoms with van der Waals surface area (Å²) in [5.74, 6) is -2.71. The van der Waals surface area contributed by atoms with E-state index < -0.39 is 50.9 Å². The first-order valence-corrected chi connectivity index (χ1v) is 10.5. The number of aliphatic hydroxyl groups excluding tert-OH is 3. The highest BCUT2D eigenvalue weighted by Gasteiger charge is 2.26. The van der Waals surface area contributed by atoms with Crippen molar-refractivity contribution < 1.29 is 45.3 Å². The van der Waals surface area contributed by atoms with Crippen molar-refractivity contribution in [1.29, 1.82) is 0 Å². The number of rotatable bonds is 14. The Hall–Kier alpha value is -3.22. The maximum atomic E-state index is 11.5. The summed E-state index contributed by atoms with van der Waals surface area (Å²) in [6.07, 6.45) is 0. The number of carboxylic acid groups (broad SMARTS) is 2. The molecule has 0 aliphatic heterocycles. The van der Waals surface area contributed by atoms with Crippen molar-refractivity contribution in [3.05, 3.63) is 58.7 Å². The molecule has 0 saturated carbocycles. The van der Waals surface area contributed by atoms with Crippen LogP contribution < -0.4 is 0 Å². The van der Waals surface area contributed by atoms with Gasteiger partial charge in [0.05, 0.1) is 32.9 Å². The molecule has 0 aromatic heterocycles. The van der Waals surface area contributed by atoms with Crippen LogP contribution in [-0.2, 0) is 35.9 Å². The van der Waals surface area contributed by atoms with Gasteiger partial charge in [0, 0.05) is 47.9 Å². The number of carbonyl (C=O) groups is 2. The molecule has 186 valence electrons. The molecule has 0 bridgehead atoms. The number of carboxylic acids is 2. The quantitative estimate of drug-likeness (QED) is 0.193. The summed E-state index contributed by atoms with van der Waals surface area (Å²) in [6.45, 7) is -2.46. The molecule has 0 unspecified atom stereocenters. The van der Waals surface area contributed by atoms with Crippen LogP contribution >= 0.6 is 0 Å². The molecule has 0 saturated heterocycles. The predicted molar refractivity (Wildman–Crippen MR) is 120 cm³/mol. The van der Waals surface area contributed by atoms with Gasteiger partial charge in [0.25, 0.3) is 0 Å². The first kappa shape index (κ1) is 27.0. The highest BCUT2D eigenvalue weighted by Crippen LogP contribution is 2.26. The molecule has 0 heterocycles. The van der Waals surface area contributed by atoms with Crippen molar-refractivity contribution in [1.82, 2.24) is 9.80 Å². The Balaban J connectivity index is 2.31. The van der Waals surface area contributed by atoms with Crippen molar-refractivity contribution in [2.24, 2.45) is 0 Å². The molecule has 1 atom stereocenters. The van der Waals surface area contributed by atoms with Gasteiger partial charge in [-0.15, -0.1) is 0 Å². The summed E-state index contributed by atoms with van der Waals surface area (Å²) in [7, 11) is 0. The summed E-state index contributed by atoms with van der Waals surface area (Å²) in [5, 5.41) is 68.3. The lowest BCUT2D eigenvalue weighted by atomic mass is 10.1. The molecular weight excluding hydrogens is 448 g/mol. The van der Waals surface area contributed by atoms with Crippen LogP contribution in [-0.4, -0.2) is 89.8 Å². The molecule has 11 nitrogen and oxygen atoms in total. The second-order valence-corrected chi connectivity index (χ2v) is 7.86. The van der Waals surface area contributed by atoms with Gasteiger partial charge in [-0.2, -0.15) is 0 Å². The fourth-order valence-electron chi connectivity index (χ4n) is 3.71. The normalized spacial score (nSPS) is 12.3. The Kier molecular flexibility index (Phi) is 10.2. The zero-order chi connectivity index (χ0) is 25.3. The predicted octanol–water partition coefficient (Wildman–Crippen LogP) is -0.0833. The molecule has 34 heavy (non-hydrogen) atoms. The van der Waals surface area contributed by atoms with Crippen molar-refractivity contribution in [3.63, 3.8) is 0 Å². The molecule has 0 amide bonds. The standard InChI is InChI=1S/C23H30N2O9/c26-12-17-5-1-3-15(22(17)33)7-24(10-20(29)30)9-19(14-28)25(11-21(31)32)8-16-4-2-6-18(13-27)23(16)34/h1-6,19,26-28,33-34H,7-14H2,(H,29,30)(H,31,32)/t19-/m1/s1. The number of para-hydroxylation sites is 2. The zero-order valence-electron chi connectivity index (χ0n) is 18.5. The molecule has 11 heteroatoms. The van der Waals surface area contributed by atoms with E-state index in [2.05, 4.69) is 0 Å². The van der Waals surface area contributed by atoms with E-state index in [-0.39, 0.29) is 42.3 Å². The second-order valence-electron chi connectivity index (χ2n) is 7.86. The SMILES string of the molecule is O=C(O)CN(Cc1cccc(CO)c1O)C[C@H](CO)N(CC(=O)O)Cc1cccc(CO)c1O. The lowest BCUT2D eigenvalue weighted by Gasteiger charge is -2.33. The summed E-state index contributed by atoms with van der Waals surface area (Å²) < 4.78 is 0. The summed E-state index contributed by atoms with van der Waals surface area (Å²) in [4.78, 5) is 25.8. The maximum absolute atomic E-state index is 11.5. The van der Waals surface area contributed by atoms with E-state index in [0.717, 1.165) is 0 Å². The molecule has 2 rings (SSSR count). The van der Waals surface area contributed by atoms with Crippen molar-refractivity contribution in [2.75, 3.05) is 26.2 Å². The van der Waals surface area contributed by atoms with Crippen LogP contribution in [0.4, 0.5) is 0 Å². The molecule has 2 aromatic rings. The molecule has 7 N–H and O–H groups in total. The molecule has 0 aliphatic rings. The van der Waals surface area contributed by atoms with Crippen LogP contribution in [0.3, 0.4) is 0 Å². The number of nitrogens with zero attached hydrogens (tertiary/aromatic N) is 2. The third-order valence-electron chi connectivity index (χ3n) is 5.41. The van der Waals surface area contributed by atoms with E-state index in [4.69, 9.17) is 0 Å². The van der Waals surface area contributed by atoms with E-state index in [9.17, 15) is 45.3 Å². The van der Waals surface area contributed by atoms with Gasteiger partial charge in [0.15, 0.2) is 0 Å². The Labute approximate surface area is 196 Å². The third-order valence-corrected chi connectivity index (χ3v) is 5.41. The molecule has 0 fully saturated rings. The van der Waals surface area contributed by atoms with E-state index >= 15 is 0 Å².